The smallest absolute Gasteiger partial charge is 0.0701 e. The van der Waals surface area contributed by atoms with E-state index in [1.807, 2.05) is 11.8 Å². The first-order chi connectivity index (χ1) is 8.91. The van der Waals surface area contributed by atoms with Gasteiger partial charge in [0.2, 0.25) is 0 Å². The molecular formula is C14H23BrN2S2. The summed E-state index contributed by atoms with van der Waals surface area (Å²) in [6, 6.07) is 2.22. The Morgan fingerprint density at radius 3 is 2.74 bits per heavy atom. The zero-order valence-corrected chi connectivity index (χ0v) is 15.1. The third-order valence-corrected chi connectivity index (χ3v) is 7.31. The topological polar surface area (TPSA) is 29.3 Å². The molecule has 1 aromatic heterocycles. The number of nitrogens with zero attached hydrogens (tertiary/aromatic N) is 1. The standard InChI is InChI=1S/C14H23BrN2S2/c1-13(2)4-5-18-10-14(13,9-16)17(3)7-11-6-12(15)19-8-11/h6,8H,4-5,7,9-10,16H2,1-3H3. The maximum absolute atomic E-state index is 6.21. The summed E-state index contributed by atoms with van der Waals surface area (Å²) in [5.74, 6) is 2.39. The molecular weight excluding hydrogens is 340 g/mol. The van der Waals surface area contributed by atoms with Crippen LogP contribution in [0.15, 0.2) is 15.2 Å². The second-order valence-electron chi connectivity index (χ2n) is 6.04. The number of thiophene rings is 1. The highest BCUT2D eigenvalue weighted by atomic mass is 79.9. The van der Waals surface area contributed by atoms with Crippen molar-refractivity contribution in [2.75, 3.05) is 25.1 Å². The Morgan fingerprint density at radius 1 is 1.47 bits per heavy atom. The molecule has 2 nitrogen and oxygen atoms in total. The van der Waals surface area contributed by atoms with E-state index >= 15 is 0 Å². The molecule has 2 rings (SSSR count). The van der Waals surface area contributed by atoms with Crippen molar-refractivity contribution in [1.29, 1.82) is 0 Å². The van der Waals surface area contributed by atoms with Gasteiger partial charge in [0.15, 0.2) is 0 Å². The van der Waals surface area contributed by atoms with Crippen LogP contribution in [0, 0.1) is 5.41 Å². The molecule has 1 aliphatic heterocycles. The third kappa shape index (κ3) is 3.05. The van der Waals surface area contributed by atoms with Crippen molar-refractivity contribution in [2.24, 2.45) is 11.1 Å². The van der Waals surface area contributed by atoms with Gasteiger partial charge < -0.3 is 5.73 Å². The lowest BCUT2D eigenvalue weighted by Gasteiger charge is -2.54. The van der Waals surface area contributed by atoms with Gasteiger partial charge in [0.05, 0.1) is 3.79 Å². The fourth-order valence-corrected chi connectivity index (χ4v) is 6.03. The van der Waals surface area contributed by atoms with E-state index in [9.17, 15) is 0 Å². The Bertz CT molecular complexity index is 433. The van der Waals surface area contributed by atoms with Gasteiger partial charge >= 0.3 is 0 Å². The van der Waals surface area contributed by atoms with Crippen LogP contribution in [0.25, 0.3) is 0 Å². The maximum atomic E-state index is 6.21. The lowest BCUT2D eigenvalue weighted by atomic mass is 9.70. The zero-order chi connectivity index (χ0) is 14.1. The van der Waals surface area contributed by atoms with Gasteiger partial charge in [0.25, 0.3) is 0 Å². The van der Waals surface area contributed by atoms with Crippen LogP contribution in [0.2, 0.25) is 0 Å². The number of hydrogen-bond acceptors (Lipinski definition) is 4. The minimum Gasteiger partial charge on any atom is -0.329 e. The first-order valence-electron chi connectivity index (χ1n) is 6.63. The van der Waals surface area contributed by atoms with Crippen LogP contribution in [0.1, 0.15) is 25.8 Å². The van der Waals surface area contributed by atoms with E-state index in [1.165, 1.54) is 21.5 Å². The minimum atomic E-state index is 0.102. The minimum absolute atomic E-state index is 0.102. The van der Waals surface area contributed by atoms with E-state index < -0.39 is 0 Å². The van der Waals surface area contributed by atoms with E-state index in [0.717, 1.165) is 18.8 Å². The number of hydrogen-bond donors (Lipinski definition) is 1. The second kappa shape index (κ2) is 6.06. The largest absolute Gasteiger partial charge is 0.329 e. The average molecular weight is 363 g/mol. The summed E-state index contributed by atoms with van der Waals surface area (Å²) in [4.78, 5) is 2.48. The first-order valence-corrected chi connectivity index (χ1v) is 9.46. The predicted molar refractivity (Wildman–Crippen MR) is 91.0 cm³/mol. The van der Waals surface area contributed by atoms with Crippen LogP contribution >= 0.6 is 39.0 Å². The van der Waals surface area contributed by atoms with Crippen LogP contribution in [-0.2, 0) is 6.54 Å². The summed E-state index contributed by atoms with van der Waals surface area (Å²) in [5.41, 5.74) is 7.96. The summed E-state index contributed by atoms with van der Waals surface area (Å²) in [6.07, 6.45) is 1.24. The summed E-state index contributed by atoms with van der Waals surface area (Å²) in [6.45, 7) is 6.46. The average Bonchev–Trinajstić information content (AvgIpc) is 2.74. The summed E-state index contributed by atoms with van der Waals surface area (Å²) in [5, 5.41) is 2.23. The zero-order valence-electron chi connectivity index (χ0n) is 11.9. The van der Waals surface area contributed by atoms with Crippen LogP contribution < -0.4 is 5.73 Å². The third-order valence-electron chi connectivity index (χ3n) is 4.58. The van der Waals surface area contributed by atoms with Crippen molar-refractivity contribution in [3.05, 3.63) is 20.8 Å². The van der Waals surface area contributed by atoms with Crippen molar-refractivity contribution in [3.8, 4) is 0 Å². The molecule has 0 aromatic carbocycles. The van der Waals surface area contributed by atoms with E-state index in [0.29, 0.717) is 0 Å². The molecule has 1 atom stereocenters. The molecule has 108 valence electrons. The van der Waals surface area contributed by atoms with Crippen LogP contribution in [-0.4, -0.2) is 35.5 Å². The summed E-state index contributed by atoms with van der Waals surface area (Å²) < 4.78 is 1.20. The highest BCUT2D eigenvalue weighted by Gasteiger charge is 2.48. The van der Waals surface area contributed by atoms with Crippen molar-refractivity contribution in [1.82, 2.24) is 4.90 Å². The van der Waals surface area contributed by atoms with Gasteiger partial charge in [-0.25, -0.2) is 0 Å². The second-order valence-corrected chi connectivity index (χ2v) is 9.43. The van der Waals surface area contributed by atoms with E-state index in [4.69, 9.17) is 5.73 Å². The number of rotatable bonds is 4. The lowest BCUT2D eigenvalue weighted by molar-refractivity contribution is 0.0148. The van der Waals surface area contributed by atoms with Crippen molar-refractivity contribution >= 4 is 39.0 Å². The summed E-state index contributed by atoms with van der Waals surface area (Å²) >= 11 is 7.34. The normalized spacial score (nSPS) is 26.8. The van der Waals surface area contributed by atoms with E-state index in [-0.39, 0.29) is 11.0 Å². The van der Waals surface area contributed by atoms with Crippen LogP contribution in [0.4, 0.5) is 0 Å². The van der Waals surface area contributed by atoms with Gasteiger partial charge in [-0.1, -0.05) is 13.8 Å². The Hall–Kier alpha value is 0.450. The van der Waals surface area contributed by atoms with Crippen molar-refractivity contribution in [3.63, 3.8) is 0 Å². The van der Waals surface area contributed by atoms with Crippen molar-refractivity contribution in [2.45, 2.75) is 32.4 Å². The Balaban J connectivity index is 2.20. The monoisotopic (exact) mass is 362 g/mol. The van der Waals surface area contributed by atoms with E-state index in [2.05, 4.69) is 53.2 Å². The number of nitrogens with two attached hydrogens (primary N) is 1. The molecule has 2 heterocycles. The lowest BCUT2D eigenvalue weighted by Crippen LogP contribution is -2.64. The SMILES string of the molecule is CN(Cc1csc(Br)c1)C1(CN)CSCCC1(C)C. The van der Waals surface area contributed by atoms with E-state index in [1.54, 1.807) is 11.3 Å². The molecule has 0 aliphatic carbocycles. The quantitative estimate of drug-likeness (QED) is 0.882. The molecule has 0 spiro atoms. The summed E-state index contributed by atoms with van der Waals surface area (Å²) in [7, 11) is 2.23. The molecule has 1 aliphatic rings. The van der Waals surface area contributed by atoms with Gasteiger partial charge in [-0.15, -0.1) is 11.3 Å². The van der Waals surface area contributed by atoms with Gasteiger partial charge in [-0.05, 0) is 57.6 Å². The molecule has 2 N–H and O–H groups in total. The molecule has 1 saturated heterocycles. The van der Waals surface area contributed by atoms with Crippen molar-refractivity contribution < 1.29 is 0 Å². The number of thioether (sulfide) groups is 1. The van der Waals surface area contributed by atoms with Gasteiger partial charge in [0.1, 0.15) is 0 Å². The van der Waals surface area contributed by atoms with Gasteiger partial charge in [0, 0.05) is 24.4 Å². The molecule has 1 unspecified atom stereocenters. The number of halogens is 1. The first kappa shape index (κ1) is 15.8. The van der Waals surface area contributed by atoms with Crippen LogP contribution in [0.3, 0.4) is 0 Å². The Kier molecular flexibility index (Phi) is 5.05. The van der Waals surface area contributed by atoms with Gasteiger partial charge in [-0.2, -0.15) is 11.8 Å². The molecule has 0 bridgehead atoms. The molecule has 5 heteroatoms. The highest BCUT2D eigenvalue weighted by molar-refractivity contribution is 9.11. The fraction of sp³-hybridized carbons (Fsp3) is 0.714. The molecule has 0 radical (unpaired) electrons. The molecule has 1 fully saturated rings. The molecule has 19 heavy (non-hydrogen) atoms. The predicted octanol–water partition coefficient (Wildman–Crippen LogP) is 3.80. The molecule has 0 amide bonds. The highest BCUT2D eigenvalue weighted by Crippen LogP contribution is 2.45. The van der Waals surface area contributed by atoms with Gasteiger partial charge in [-0.3, -0.25) is 4.90 Å². The Labute approximate surface area is 133 Å². The number of likely N-dealkylation sites (N-methyl/N-ethyl adjacent to an activating group) is 1. The fourth-order valence-electron chi connectivity index (χ4n) is 2.97. The van der Waals surface area contributed by atoms with Crippen LogP contribution in [0.5, 0.6) is 0 Å². The maximum Gasteiger partial charge on any atom is 0.0701 e. The Morgan fingerprint density at radius 2 is 2.21 bits per heavy atom. The molecule has 1 aromatic rings. The molecule has 0 saturated carbocycles.